The topological polar surface area (TPSA) is 17.1 Å². The van der Waals surface area contributed by atoms with Gasteiger partial charge in [0.2, 0.25) is 0 Å². The van der Waals surface area contributed by atoms with Crippen molar-refractivity contribution >= 4 is 6.29 Å². The van der Waals surface area contributed by atoms with Crippen LogP contribution in [0.2, 0.25) is 0 Å². The van der Waals surface area contributed by atoms with Crippen LogP contribution in [0.25, 0.3) is 0 Å². The Morgan fingerprint density at radius 3 is 2.23 bits per heavy atom. The van der Waals surface area contributed by atoms with Crippen molar-refractivity contribution in [1.82, 2.24) is 0 Å². The molecule has 4 atom stereocenters. The first-order valence-electron chi connectivity index (χ1n) is 10.3. The van der Waals surface area contributed by atoms with Gasteiger partial charge in [0.25, 0.3) is 0 Å². The zero-order valence-corrected chi connectivity index (χ0v) is 14.9. The van der Waals surface area contributed by atoms with Crippen LogP contribution in [0, 0.1) is 23.7 Å². The highest BCUT2D eigenvalue weighted by atomic mass is 16.1. The van der Waals surface area contributed by atoms with Gasteiger partial charge in [-0.05, 0) is 43.4 Å². The second-order valence-corrected chi connectivity index (χ2v) is 8.17. The number of carbonyl (C=O) groups is 1. The summed E-state index contributed by atoms with van der Waals surface area (Å²) >= 11 is 0. The summed E-state index contributed by atoms with van der Waals surface area (Å²) < 4.78 is 0. The average molecular weight is 307 g/mol. The normalized spacial score (nSPS) is 32.8. The molecular formula is C21H38O. The van der Waals surface area contributed by atoms with Gasteiger partial charge in [-0.25, -0.2) is 0 Å². The standard InChI is InChI=1S/C21H38O/c1-2-3-9-18-11-8-12-19(16-18)10-4-5-13-20-14-6-7-15-21(20)17-22/h17-21H,2-16H2,1H3. The third-order valence-electron chi connectivity index (χ3n) is 6.44. The number of hydrogen-bond donors (Lipinski definition) is 0. The predicted molar refractivity (Wildman–Crippen MR) is 95.0 cm³/mol. The van der Waals surface area contributed by atoms with E-state index in [4.69, 9.17) is 0 Å². The maximum Gasteiger partial charge on any atom is 0.123 e. The molecule has 0 amide bonds. The summed E-state index contributed by atoms with van der Waals surface area (Å²) in [4.78, 5) is 11.2. The van der Waals surface area contributed by atoms with E-state index in [2.05, 4.69) is 6.92 Å². The molecule has 2 fully saturated rings. The van der Waals surface area contributed by atoms with Crippen LogP contribution >= 0.6 is 0 Å². The molecule has 2 aliphatic carbocycles. The van der Waals surface area contributed by atoms with Gasteiger partial charge in [-0.1, -0.05) is 77.6 Å². The minimum absolute atomic E-state index is 0.391. The van der Waals surface area contributed by atoms with Crippen LogP contribution in [0.15, 0.2) is 0 Å². The van der Waals surface area contributed by atoms with Crippen LogP contribution in [0.3, 0.4) is 0 Å². The average Bonchev–Trinajstić information content (AvgIpc) is 2.57. The van der Waals surface area contributed by atoms with Crippen molar-refractivity contribution in [3.63, 3.8) is 0 Å². The fourth-order valence-electron chi connectivity index (χ4n) is 5.03. The van der Waals surface area contributed by atoms with E-state index in [9.17, 15) is 4.79 Å². The molecule has 2 saturated carbocycles. The van der Waals surface area contributed by atoms with Crippen LogP contribution in [-0.4, -0.2) is 6.29 Å². The molecule has 22 heavy (non-hydrogen) atoms. The highest BCUT2D eigenvalue weighted by Gasteiger charge is 2.25. The molecular weight excluding hydrogens is 268 g/mol. The summed E-state index contributed by atoms with van der Waals surface area (Å²) in [6.45, 7) is 2.32. The highest BCUT2D eigenvalue weighted by Crippen LogP contribution is 2.36. The number of hydrogen-bond acceptors (Lipinski definition) is 1. The van der Waals surface area contributed by atoms with E-state index in [1.54, 1.807) is 0 Å². The van der Waals surface area contributed by atoms with Crippen molar-refractivity contribution < 1.29 is 4.79 Å². The fourth-order valence-corrected chi connectivity index (χ4v) is 5.03. The number of rotatable bonds is 9. The summed E-state index contributed by atoms with van der Waals surface area (Å²) in [6.07, 6.45) is 22.2. The molecule has 0 aromatic heterocycles. The Labute approximate surface area is 138 Å². The van der Waals surface area contributed by atoms with Gasteiger partial charge in [0.1, 0.15) is 6.29 Å². The van der Waals surface area contributed by atoms with E-state index in [1.807, 2.05) is 0 Å². The number of unbranched alkanes of at least 4 members (excludes halogenated alkanes) is 2. The molecule has 2 aliphatic rings. The minimum atomic E-state index is 0.391. The van der Waals surface area contributed by atoms with Crippen molar-refractivity contribution in [2.24, 2.45) is 23.7 Å². The molecule has 4 unspecified atom stereocenters. The summed E-state index contributed by atoms with van der Waals surface area (Å²) in [5.41, 5.74) is 0. The van der Waals surface area contributed by atoms with Gasteiger partial charge in [-0.2, -0.15) is 0 Å². The van der Waals surface area contributed by atoms with E-state index < -0.39 is 0 Å². The van der Waals surface area contributed by atoms with E-state index in [-0.39, 0.29) is 0 Å². The van der Waals surface area contributed by atoms with Crippen LogP contribution in [0.5, 0.6) is 0 Å². The van der Waals surface area contributed by atoms with E-state index in [1.165, 1.54) is 96.2 Å². The lowest BCUT2D eigenvalue weighted by atomic mass is 9.75. The molecule has 0 N–H and O–H groups in total. The van der Waals surface area contributed by atoms with Gasteiger partial charge in [-0.3, -0.25) is 0 Å². The Balaban J connectivity index is 1.58. The Hall–Kier alpha value is -0.330. The molecule has 1 nitrogen and oxygen atoms in total. The Morgan fingerprint density at radius 2 is 1.50 bits per heavy atom. The Bertz CT molecular complexity index is 298. The lowest BCUT2D eigenvalue weighted by Crippen LogP contribution is -2.20. The molecule has 0 aromatic rings. The van der Waals surface area contributed by atoms with Gasteiger partial charge in [0, 0.05) is 5.92 Å². The fraction of sp³-hybridized carbons (Fsp3) is 0.952. The van der Waals surface area contributed by atoms with E-state index in [0.717, 1.165) is 24.2 Å². The monoisotopic (exact) mass is 306 g/mol. The summed E-state index contributed by atoms with van der Waals surface area (Å²) in [7, 11) is 0. The van der Waals surface area contributed by atoms with Crippen molar-refractivity contribution in [2.45, 2.75) is 103 Å². The second kappa shape index (κ2) is 10.4. The van der Waals surface area contributed by atoms with Crippen LogP contribution in [0.1, 0.15) is 103 Å². The number of aldehydes is 1. The molecule has 128 valence electrons. The van der Waals surface area contributed by atoms with Gasteiger partial charge in [0.15, 0.2) is 0 Å². The van der Waals surface area contributed by atoms with Crippen molar-refractivity contribution in [3.05, 3.63) is 0 Å². The third kappa shape index (κ3) is 6.05. The third-order valence-corrected chi connectivity index (χ3v) is 6.44. The van der Waals surface area contributed by atoms with Crippen molar-refractivity contribution in [2.75, 3.05) is 0 Å². The van der Waals surface area contributed by atoms with Gasteiger partial charge in [-0.15, -0.1) is 0 Å². The maximum absolute atomic E-state index is 11.2. The van der Waals surface area contributed by atoms with E-state index >= 15 is 0 Å². The largest absolute Gasteiger partial charge is 0.303 e. The SMILES string of the molecule is CCCCC1CCCC(CCCCC2CCCCC2C=O)C1. The predicted octanol–water partition coefficient (Wildman–Crippen LogP) is 6.55. The molecule has 0 aromatic carbocycles. The molecule has 2 rings (SSSR count). The van der Waals surface area contributed by atoms with Crippen molar-refractivity contribution in [3.8, 4) is 0 Å². The zero-order valence-electron chi connectivity index (χ0n) is 14.9. The smallest absolute Gasteiger partial charge is 0.123 e. The quantitative estimate of drug-likeness (QED) is 0.349. The Kier molecular flexibility index (Phi) is 8.55. The lowest BCUT2D eigenvalue weighted by molar-refractivity contribution is -0.113. The summed E-state index contributed by atoms with van der Waals surface area (Å²) in [5, 5.41) is 0. The van der Waals surface area contributed by atoms with E-state index in [0.29, 0.717) is 5.92 Å². The number of carbonyl (C=O) groups excluding carboxylic acids is 1. The lowest BCUT2D eigenvalue weighted by Gasteiger charge is -2.30. The molecule has 1 heteroatoms. The van der Waals surface area contributed by atoms with Gasteiger partial charge < -0.3 is 4.79 Å². The molecule has 0 bridgehead atoms. The molecule has 0 aliphatic heterocycles. The minimum Gasteiger partial charge on any atom is -0.303 e. The first-order chi connectivity index (χ1) is 10.8. The van der Waals surface area contributed by atoms with Crippen LogP contribution in [0.4, 0.5) is 0 Å². The van der Waals surface area contributed by atoms with Crippen LogP contribution < -0.4 is 0 Å². The summed E-state index contributed by atoms with van der Waals surface area (Å²) in [5.74, 6) is 3.16. The van der Waals surface area contributed by atoms with Gasteiger partial charge in [0.05, 0.1) is 0 Å². The highest BCUT2D eigenvalue weighted by molar-refractivity contribution is 5.54. The molecule has 0 saturated heterocycles. The molecule has 0 radical (unpaired) electrons. The maximum atomic E-state index is 11.2. The second-order valence-electron chi connectivity index (χ2n) is 8.17. The first-order valence-corrected chi connectivity index (χ1v) is 10.3. The van der Waals surface area contributed by atoms with Crippen LogP contribution in [-0.2, 0) is 4.79 Å². The van der Waals surface area contributed by atoms with Gasteiger partial charge >= 0.3 is 0 Å². The zero-order chi connectivity index (χ0) is 15.6. The molecule has 0 heterocycles. The molecule has 0 spiro atoms. The summed E-state index contributed by atoms with van der Waals surface area (Å²) in [6, 6.07) is 0. The first kappa shape index (κ1) is 18.0. The van der Waals surface area contributed by atoms with Crippen molar-refractivity contribution in [1.29, 1.82) is 0 Å². The Morgan fingerprint density at radius 1 is 0.818 bits per heavy atom.